The molecule has 2 aliphatic carbocycles. The minimum Gasteiger partial charge on any atom is -0.304 e. The maximum absolute atomic E-state index is 14.4. The Morgan fingerprint density at radius 3 is 1.96 bits per heavy atom. The molecule has 7 heteroatoms. The molecule has 0 amide bonds. The predicted octanol–water partition coefficient (Wildman–Crippen LogP) is 7.19. The Morgan fingerprint density at radius 1 is 0.929 bits per heavy atom. The Kier molecular flexibility index (Phi) is 6.22. The number of allylic oxidation sites excluding steroid dienone is 2. The number of benzene rings is 1. The van der Waals surface area contributed by atoms with Crippen LogP contribution in [-0.4, -0.2) is 6.10 Å². The van der Waals surface area contributed by atoms with E-state index in [1.54, 1.807) is 0 Å². The second-order valence-electron chi connectivity index (χ2n) is 7.49. The monoisotopic (exact) mass is 404 g/mol. The zero-order valence-electron chi connectivity index (χ0n) is 15.5. The first-order chi connectivity index (χ1) is 13.2. The van der Waals surface area contributed by atoms with Gasteiger partial charge >= 0.3 is 6.11 Å². The molecule has 1 saturated carbocycles. The van der Waals surface area contributed by atoms with Gasteiger partial charge < -0.3 is 4.74 Å². The van der Waals surface area contributed by atoms with Crippen molar-refractivity contribution in [3.05, 3.63) is 58.7 Å². The highest BCUT2D eigenvalue weighted by Crippen LogP contribution is 2.41. The number of hydrogen-bond donors (Lipinski definition) is 0. The number of rotatable bonds is 6. The summed E-state index contributed by atoms with van der Waals surface area (Å²) in [6.07, 6.45) is 0.420. The fourth-order valence-corrected chi connectivity index (χ4v) is 4.09. The van der Waals surface area contributed by atoms with E-state index in [2.05, 4.69) is 11.7 Å². The van der Waals surface area contributed by atoms with Gasteiger partial charge in [0.1, 0.15) is 23.3 Å². The van der Waals surface area contributed by atoms with Gasteiger partial charge in [0, 0.05) is 0 Å². The van der Waals surface area contributed by atoms with E-state index in [-0.39, 0.29) is 5.92 Å². The number of halogens is 6. The first-order valence-corrected chi connectivity index (χ1v) is 9.51. The van der Waals surface area contributed by atoms with Crippen molar-refractivity contribution in [2.24, 2.45) is 5.92 Å². The minimum absolute atomic E-state index is 0.0791. The van der Waals surface area contributed by atoms with Crippen molar-refractivity contribution in [1.29, 1.82) is 0 Å². The van der Waals surface area contributed by atoms with Gasteiger partial charge in [-0.05, 0) is 67.4 Å². The summed E-state index contributed by atoms with van der Waals surface area (Å²) < 4.78 is 87.6. The molecule has 1 aromatic carbocycles. The summed E-state index contributed by atoms with van der Waals surface area (Å²) in [6, 6.07) is 1.84. The van der Waals surface area contributed by atoms with Crippen LogP contribution in [0.15, 0.2) is 35.9 Å². The standard InChI is InChI=1S/C21H22F6O/c1-2-3-12-4-6-13(7-5-12)14-8-18(24)20(19(25)9-14)21(26,27)28-15-10-16(22)17(23)11-15/h8-13,15H,2-7H2,1H3/t12-,13-. The fraction of sp³-hybridized carbons (Fsp3) is 0.524. The lowest BCUT2D eigenvalue weighted by Crippen LogP contribution is -2.26. The molecule has 2 aliphatic rings. The van der Waals surface area contributed by atoms with Crippen molar-refractivity contribution < 1.29 is 31.1 Å². The molecule has 0 aliphatic heterocycles. The van der Waals surface area contributed by atoms with Crippen LogP contribution < -0.4 is 0 Å². The molecule has 0 heterocycles. The Labute approximate surface area is 160 Å². The van der Waals surface area contributed by atoms with E-state index in [9.17, 15) is 26.3 Å². The van der Waals surface area contributed by atoms with Gasteiger partial charge in [0.25, 0.3) is 0 Å². The molecule has 154 valence electrons. The van der Waals surface area contributed by atoms with E-state index in [1.807, 2.05) is 0 Å². The lowest BCUT2D eigenvalue weighted by atomic mass is 9.77. The second-order valence-corrected chi connectivity index (χ2v) is 7.49. The van der Waals surface area contributed by atoms with E-state index >= 15 is 0 Å². The van der Waals surface area contributed by atoms with E-state index in [0.717, 1.165) is 50.7 Å². The highest BCUT2D eigenvalue weighted by atomic mass is 19.3. The van der Waals surface area contributed by atoms with Gasteiger partial charge in [-0.15, -0.1) is 0 Å². The SMILES string of the molecule is CCC[C@H]1CC[C@H](c2cc(F)c(C(F)(F)OC3C=C(F)C(F)=C3)c(F)c2)CC1. The molecule has 0 N–H and O–H groups in total. The first-order valence-electron chi connectivity index (χ1n) is 9.51. The maximum Gasteiger partial charge on any atom is 0.389 e. The number of hydrogen-bond acceptors (Lipinski definition) is 1. The van der Waals surface area contributed by atoms with Gasteiger partial charge in [0.05, 0.1) is 0 Å². The van der Waals surface area contributed by atoms with Crippen molar-refractivity contribution in [2.45, 2.75) is 63.6 Å². The van der Waals surface area contributed by atoms with E-state index in [4.69, 9.17) is 0 Å². The number of alkyl halides is 2. The Balaban J connectivity index is 1.77. The summed E-state index contributed by atoms with van der Waals surface area (Å²) in [5.74, 6) is -5.04. The van der Waals surface area contributed by atoms with Crippen LogP contribution in [0, 0.1) is 17.6 Å². The Morgan fingerprint density at radius 2 is 1.46 bits per heavy atom. The second kappa shape index (κ2) is 8.31. The van der Waals surface area contributed by atoms with Gasteiger partial charge in [0.2, 0.25) is 0 Å². The van der Waals surface area contributed by atoms with Crippen molar-refractivity contribution in [3.8, 4) is 0 Å². The Hall–Kier alpha value is -1.76. The molecule has 0 radical (unpaired) electrons. The average Bonchev–Trinajstić information content (AvgIpc) is 2.91. The molecule has 1 aromatic rings. The minimum atomic E-state index is -4.38. The molecule has 0 aromatic heterocycles. The molecule has 1 fully saturated rings. The topological polar surface area (TPSA) is 9.23 Å². The first kappa shape index (κ1) is 21.0. The third-order valence-electron chi connectivity index (χ3n) is 5.50. The molecular weight excluding hydrogens is 382 g/mol. The van der Waals surface area contributed by atoms with Crippen LogP contribution in [0.5, 0.6) is 0 Å². The summed E-state index contributed by atoms with van der Waals surface area (Å²) in [6.45, 7) is 2.11. The third-order valence-corrected chi connectivity index (χ3v) is 5.50. The van der Waals surface area contributed by atoms with E-state index < -0.39 is 41.1 Å². The van der Waals surface area contributed by atoms with Crippen LogP contribution in [0.25, 0.3) is 0 Å². The molecule has 3 rings (SSSR count). The van der Waals surface area contributed by atoms with E-state index in [0.29, 0.717) is 23.6 Å². The van der Waals surface area contributed by atoms with Gasteiger partial charge in [-0.25, -0.2) is 17.6 Å². The molecule has 1 nitrogen and oxygen atoms in total. The van der Waals surface area contributed by atoms with Gasteiger partial charge in [0.15, 0.2) is 11.7 Å². The molecular formula is C21H22F6O. The van der Waals surface area contributed by atoms with Crippen molar-refractivity contribution in [3.63, 3.8) is 0 Å². The van der Waals surface area contributed by atoms with Crippen LogP contribution in [0.3, 0.4) is 0 Å². The van der Waals surface area contributed by atoms with Gasteiger partial charge in [-0.2, -0.15) is 8.78 Å². The summed E-state index contributed by atoms with van der Waals surface area (Å²) in [4.78, 5) is 0. The van der Waals surface area contributed by atoms with Crippen LogP contribution >= 0.6 is 0 Å². The summed E-state index contributed by atoms with van der Waals surface area (Å²) >= 11 is 0. The van der Waals surface area contributed by atoms with Crippen molar-refractivity contribution >= 4 is 0 Å². The zero-order valence-corrected chi connectivity index (χ0v) is 15.5. The molecule has 0 spiro atoms. The van der Waals surface area contributed by atoms with Gasteiger partial charge in [-0.3, -0.25) is 0 Å². The fourth-order valence-electron chi connectivity index (χ4n) is 4.09. The Bertz CT molecular complexity index is 736. The van der Waals surface area contributed by atoms with Crippen LogP contribution in [0.1, 0.15) is 62.5 Å². The summed E-state index contributed by atoms with van der Waals surface area (Å²) in [7, 11) is 0. The molecule has 0 bridgehead atoms. The highest BCUT2D eigenvalue weighted by Gasteiger charge is 2.42. The molecule has 0 unspecified atom stereocenters. The van der Waals surface area contributed by atoms with Crippen molar-refractivity contribution in [1.82, 2.24) is 0 Å². The van der Waals surface area contributed by atoms with Crippen LogP contribution in [-0.2, 0) is 10.8 Å². The van der Waals surface area contributed by atoms with Crippen LogP contribution in [0.4, 0.5) is 26.3 Å². The van der Waals surface area contributed by atoms with Crippen LogP contribution in [0.2, 0.25) is 0 Å². The summed E-state index contributed by atoms with van der Waals surface area (Å²) in [5, 5.41) is 0. The van der Waals surface area contributed by atoms with Crippen molar-refractivity contribution in [2.75, 3.05) is 0 Å². The lowest BCUT2D eigenvalue weighted by Gasteiger charge is -2.29. The molecule has 28 heavy (non-hydrogen) atoms. The lowest BCUT2D eigenvalue weighted by molar-refractivity contribution is -0.259. The molecule has 0 saturated heterocycles. The summed E-state index contributed by atoms with van der Waals surface area (Å²) in [5.41, 5.74) is -1.20. The normalized spacial score (nSPS) is 23.7. The van der Waals surface area contributed by atoms with Gasteiger partial charge in [-0.1, -0.05) is 19.8 Å². The zero-order chi connectivity index (χ0) is 20.5. The smallest absolute Gasteiger partial charge is 0.304 e. The van der Waals surface area contributed by atoms with E-state index in [1.165, 1.54) is 0 Å². The quantitative estimate of drug-likeness (QED) is 0.456. The number of ether oxygens (including phenoxy) is 1. The predicted molar refractivity (Wildman–Crippen MR) is 93.1 cm³/mol. The highest BCUT2D eigenvalue weighted by molar-refractivity contribution is 5.33. The average molecular weight is 404 g/mol. The third kappa shape index (κ3) is 4.45. The largest absolute Gasteiger partial charge is 0.389 e. The maximum atomic E-state index is 14.4. The molecule has 0 atom stereocenters.